The van der Waals surface area contributed by atoms with Gasteiger partial charge in [0.2, 0.25) is 10.0 Å². The first-order valence-electron chi connectivity index (χ1n) is 6.45. The standard InChI is InChI=1S/C13H20N2O4S/c1-14-5-7-15(8-6-14)20(17,18)13-4-3-11(10-16)9-12(13)19-2/h3-4,9,16H,5-8,10H2,1-2H3. The van der Waals surface area contributed by atoms with E-state index in [2.05, 4.69) is 4.90 Å². The van der Waals surface area contributed by atoms with E-state index in [0.29, 0.717) is 18.7 Å². The fourth-order valence-electron chi connectivity index (χ4n) is 2.19. The highest BCUT2D eigenvalue weighted by molar-refractivity contribution is 7.89. The molecule has 1 heterocycles. The van der Waals surface area contributed by atoms with E-state index in [4.69, 9.17) is 9.84 Å². The summed E-state index contributed by atoms with van der Waals surface area (Å²) in [6.07, 6.45) is 0. The number of aliphatic hydroxyl groups excluding tert-OH is 1. The molecule has 0 unspecified atom stereocenters. The highest BCUT2D eigenvalue weighted by Crippen LogP contribution is 2.28. The van der Waals surface area contributed by atoms with Crippen molar-refractivity contribution in [3.63, 3.8) is 0 Å². The van der Waals surface area contributed by atoms with Crippen LogP contribution in [0.1, 0.15) is 5.56 Å². The molecule has 0 aromatic heterocycles. The van der Waals surface area contributed by atoms with Crippen LogP contribution in [0.4, 0.5) is 0 Å². The smallest absolute Gasteiger partial charge is 0.246 e. The number of methoxy groups -OCH3 is 1. The second-order valence-corrected chi connectivity index (χ2v) is 6.76. The predicted molar refractivity (Wildman–Crippen MR) is 75.2 cm³/mol. The van der Waals surface area contributed by atoms with Gasteiger partial charge in [0.15, 0.2) is 0 Å². The zero-order chi connectivity index (χ0) is 14.8. The molecule has 1 saturated heterocycles. The predicted octanol–water partition coefficient (Wildman–Crippen LogP) is 0.124. The first-order chi connectivity index (χ1) is 9.48. The van der Waals surface area contributed by atoms with Gasteiger partial charge in [0.25, 0.3) is 0 Å². The van der Waals surface area contributed by atoms with Crippen LogP contribution >= 0.6 is 0 Å². The zero-order valence-corrected chi connectivity index (χ0v) is 12.6. The maximum Gasteiger partial charge on any atom is 0.246 e. The summed E-state index contributed by atoms with van der Waals surface area (Å²) < 4.78 is 31.9. The number of likely N-dealkylation sites (N-methyl/N-ethyl adjacent to an activating group) is 1. The molecule has 2 rings (SSSR count). The lowest BCUT2D eigenvalue weighted by molar-refractivity contribution is 0.222. The Labute approximate surface area is 119 Å². The average Bonchev–Trinajstić information content (AvgIpc) is 2.46. The van der Waals surface area contributed by atoms with E-state index in [1.807, 2.05) is 7.05 Å². The van der Waals surface area contributed by atoms with Gasteiger partial charge in [-0.2, -0.15) is 4.31 Å². The number of benzene rings is 1. The summed E-state index contributed by atoms with van der Waals surface area (Å²) >= 11 is 0. The van der Waals surface area contributed by atoms with Gasteiger partial charge in [-0.1, -0.05) is 6.07 Å². The van der Waals surface area contributed by atoms with Crippen LogP contribution in [-0.2, 0) is 16.6 Å². The number of hydrogen-bond donors (Lipinski definition) is 1. The number of hydrogen-bond acceptors (Lipinski definition) is 5. The first kappa shape index (κ1) is 15.2. The summed E-state index contributed by atoms with van der Waals surface area (Å²) in [6, 6.07) is 4.66. The minimum absolute atomic E-state index is 0.148. The normalized spacial score (nSPS) is 18.1. The van der Waals surface area contributed by atoms with Gasteiger partial charge in [-0.25, -0.2) is 8.42 Å². The summed E-state index contributed by atoms with van der Waals surface area (Å²) in [7, 11) is -0.150. The minimum atomic E-state index is -3.55. The van der Waals surface area contributed by atoms with Gasteiger partial charge in [-0.05, 0) is 24.7 Å². The Hall–Kier alpha value is -1.15. The Morgan fingerprint density at radius 2 is 1.90 bits per heavy atom. The van der Waals surface area contributed by atoms with E-state index in [9.17, 15) is 8.42 Å². The maximum absolute atomic E-state index is 12.6. The van der Waals surface area contributed by atoms with E-state index in [1.54, 1.807) is 12.1 Å². The van der Waals surface area contributed by atoms with E-state index in [-0.39, 0.29) is 17.3 Å². The second kappa shape index (κ2) is 6.09. The SMILES string of the molecule is COc1cc(CO)ccc1S(=O)(=O)N1CCN(C)CC1. The van der Waals surface area contributed by atoms with E-state index >= 15 is 0 Å². The van der Waals surface area contributed by atoms with E-state index < -0.39 is 10.0 Å². The molecule has 1 aromatic rings. The largest absolute Gasteiger partial charge is 0.495 e. The summed E-state index contributed by atoms with van der Waals surface area (Å²) in [5.41, 5.74) is 0.624. The molecule has 1 aliphatic heterocycles. The second-order valence-electron chi connectivity index (χ2n) is 4.85. The number of ether oxygens (including phenoxy) is 1. The quantitative estimate of drug-likeness (QED) is 0.855. The molecule has 1 fully saturated rings. The molecule has 1 N–H and O–H groups in total. The number of nitrogens with zero attached hydrogens (tertiary/aromatic N) is 2. The lowest BCUT2D eigenvalue weighted by Gasteiger charge is -2.31. The fourth-order valence-corrected chi connectivity index (χ4v) is 3.75. The third-order valence-electron chi connectivity index (χ3n) is 3.49. The van der Waals surface area contributed by atoms with Crippen LogP contribution in [0.15, 0.2) is 23.1 Å². The Balaban J connectivity index is 2.34. The molecule has 7 heteroatoms. The number of aliphatic hydroxyl groups is 1. The molecule has 0 saturated carbocycles. The molecule has 6 nitrogen and oxygen atoms in total. The van der Waals surface area contributed by atoms with Crippen molar-refractivity contribution in [3.05, 3.63) is 23.8 Å². The Morgan fingerprint density at radius 1 is 1.25 bits per heavy atom. The molecule has 112 valence electrons. The molecular formula is C13H20N2O4S. The first-order valence-corrected chi connectivity index (χ1v) is 7.89. The molecule has 1 aliphatic rings. The topological polar surface area (TPSA) is 70.1 Å². The monoisotopic (exact) mass is 300 g/mol. The van der Waals surface area contributed by atoms with Gasteiger partial charge >= 0.3 is 0 Å². The van der Waals surface area contributed by atoms with Crippen LogP contribution in [-0.4, -0.2) is 63.1 Å². The van der Waals surface area contributed by atoms with Crippen molar-refractivity contribution in [2.24, 2.45) is 0 Å². The molecule has 0 bridgehead atoms. The Kier molecular flexibility index (Phi) is 4.64. The third-order valence-corrected chi connectivity index (χ3v) is 5.43. The zero-order valence-electron chi connectivity index (χ0n) is 11.7. The Morgan fingerprint density at radius 3 is 2.45 bits per heavy atom. The van der Waals surface area contributed by atoms with Crippen LogP contribution in [0.5, 0.6) is 5.75 Å². The third kappa shape index (κ3) is 2.95. The molecule has 0 spiro atoms. The summed E-state index contributed by atoms with van der Waals surface area (Å²) in [5.74, 6) is 0.274. The lowest BCUT2D eigenvalue weighted by Crippen LogP contribution is -2.47. The maximum atomic E-state index is 12.6. The van der Waals surface area contributed by atoms with Gasteiger partial charge in [-0.15, -0.1) is 0 Å². The van der Waals surface area contributed by atoms with Gasteiger partial charge in [-0.3, -0.25) is 0 Å². The number of sulfonamides is 1. The fraction of sp³-hybridized carbons (Fsp3) is 0.538. The molecule has 0 radical (unpaired) electrons. The van der Waals surface area contributed by atoms with E-state index in [1.165, 1.54) is 17.5 Å². The van der Waals surface area contributed by atoms with Crippen molar-refractivity contribution in [2.45, 2.75) is 11.5 Å². The molecular weight excluding hydrogens is 280 g/mol. The number of rotatable bonds is 4. The molecule has 0 amide bonds. The average molecular weight is 300 g/mol. The van der Waals surface area contributed by atoms with Crippen LogP contribution < -0.4 is 4.74 Å². The van der Waals surface area contributed by atoms with Gasteiger partial charge < -0.3 is 14.7 Å². The van der Waals surface area contributed by atoms with E-state index in [0.717, 1.165) is 13.1 Å². The van der Waals surface area contributed by atoms with Crippen molar-refractivity contribution in [1.82, 2.24) is 9.21 Å². The van der Waals surface area contributed by atoms with Crippen molar-refractivity contribution < 1.29 is 18.3 Å². The van der Waals surface area contributed by atoms with Gasteiger partial charge in [0.05, 0.1) is 13.7 Å². The van der Waals surface area contributed by atoms with Crippen LogP contribution in [0.3, 0.4) is 0 Å². The van der Waals surface area contributed by atoms with Crippen LogP contribution in [0, 0.1) is 0 Å². The van der Waals surface area contributed by atoms with Gasteiger partial charge in [0.1, 0.15) is 10.6 Å². The summed E-state index contributed by atoms with van der Waals surface area (Å²) in [6.45, 7) is 2.24. The van der Waals surface area contributed by atoms with Crippen molar-refractivity contribution in [2.75, 3.05) is 40.3 Å². The molecule has 0 aliphatic carbocycles. The summed E-state index contributed by atoms with van der Waals surface area (Å²) in [5, 5.41) is 9.11. The molecule has 1 aromatic carbocycles. The summed E-state index contributed by atoms with van der Waals surface area (Å²) in [4.78, 5) is 2.25. The van der Waals surface area contributed by atoms with Crippen molar-refractivity contribution in [1.29, 1.82) is 0 Å². The van der Waals surface area contributed by atoms with Gasteiger partial charge in [0, 0.05) is 26.2 Å². The molecule has 0 atom stereocenters. The highest BCUT2D eigenvalue weighted by Gasteiger charge is 2.29. The minimum Gasteiger partial charge on any atom is -0.495 e. The van der Waals surface area contributed by atoms with Crippen LogP contribution in [0.2, 0.25) is 0 Å². The van der Waals surface area contributed by atoms with Crippen LogP contribution in [0.25, 0.3) is 0 Å². The highest BCUT2D eigenvalue weighted by atomic mass is 32.2. The Bertz CT molecular complexity index is 566. The van der Waals surface area contributed by atoms with Crippen molar-refractivity contribution in [3.8, 4) is 5.75 Å². The van der Waals surface area contributed by atoms with Crippen molar-refractivity contribution >= 4 is 10.0 Å². The number of piperazine rings is 1. The lowest BCUT2D eigenvalue weighted by atomic mass is 10.2. The molecule has 20 heavy (non-hydrogen) atoms.